The first-order valence-electron chi connectivity index (χ1n) is 11.7. The van der Waals surface area contributed by atoms with Gasteiger partial charge in [0.05, 0.1) is 5.01 Å². The second-order valence-electron chi connectivity index (χ2n) is 8.93. The van der Waals surface area contributed by atoms with Crippen molar-refractivity contribution in [2.45, 2.75) is 46.1 Å². The van der Waals surface area contributed by atoms with Crippen LogP contribution in [0.3, 0.4) is 0 Å². The molecule has 1 aromatic heterocycles. The van der Waals surface area contributed by atoms with Crippen LogP contribution in [0.2, 0.25) is 0 Å². The van der Waals surface area contributed by atoms with Gasteiger partial charge in [-0.25, -0.2) is 4.98 Å². The Morgan fingerprint density at radius 2 is 1.88 bits per heavy atom. The highest BCUT2D eigenvalue weighted by Crippen LogP contribution is 2.30. The van der Waals surface area contributed by atoms with Crippen molar-refractivity contribution in [2.24, 2.45) is 0 Å². The molecule has 2 amide bonds. The Morgan fingerprint density at radius 1 is 1.09 bits per heavy atom. The smallest absolute Gasteiger partial charge is 0.271 e. The van der Waals surface area contributed by atoms with Crippen molar-refractivity contribution in [3.8, 4) is 5.75 Å². The van der Waals surface area contributed by atoms with Crippen LogP contribution in [0.4, 0.5) is 0 Å². The maximum absolute atomic E-state index is 12.6. The summed E-state index contributed by atoms with van der Waals surface area (Å²) in [6.45, 7) is 8.01. The highest BCUT2D eigenvalue weighted by molar-refractivity contribution is 7.09. The van der Waals surface area contributed by atoms with Gasteiger partial charge in [0.25, 0.3) is 11.8 Å². The number of carbonyl (C=O) groups excluding carboxylic acids is 2. The van der Waals surface area contributed by atoms with Crippen molar-refractivity contribution in [2.75, 3.05) is 19.7 Å². The molecule has 0 spiro atoms. The molecule has 2 aromatic carbocycles. The van der Waals surface area contributed by atoms with Crippen LogP contribution in [0.25, 0.3) is 0 Å². The summed E-state index contributed by atoms with van der Waals surface area (Å²) in [7, 11) is 0. The number of amides is 2. The zero-order valence-electron chi connectivity index (χ0n) is 20.0. The number of benzene rings is 2. The third-order valence-electron chi connectivity index (χ3n) is 6.33. The molecule has 4 rings (SSSR count). The SMILES string of the molecule is Cc1cccc(CNC(=O)c2csc(C3CCN(C(=O)COc4ccc(C)c(C)c4)CC3)n2)c1. The Bertz CT molecular complexity index is 1170. The zero-order chi connectivity index (χ0) is 24.1. The average molecular weight is 478 g/mol. The van der Waals surface area contributed by atoms with E-state index in [0.717, 1.165) is 34.7 Å². The number of hydrogen-bond donors (Lipinski definition) is 1. The molecule has 1 fully saturated rings. The summed E-state index contributed by atoms with van der Waals surface area (Å²) in [6.07, 6.45) is 1.68. The van der Waals surface area contributed by atoms with E-state index >= 15 is 0 Å². The number of hydrogen-bond acceptors (Lipinski definition) is 5. The number of carbonyl (C=O) groups is 2. The molecule has 2 heterocycles. The number of nitrogens with zero attached hydrogens (tertiary/aromatic N) is 2. The highest BCUT2D eigenvalue weighted by atomic mass is 32.1. The lowest BCUT2D eigenvalue weighted by atomic mass is 9.97. The fourth-order valence-electron chi connectivity index (χ4n) is 4.09. The predicted octanol–water partition coefficient (Wildman–Crippen LogP) is 4.78. The van der Waals surface area contributed by atoms with Crippen LogP contribution in [0, 0.1) is 20.8 Å². The molecular formula is C27H31N3O3S. The monoisotopic (exact) mass is 477 g/mol. The maximum Gasteiger partial charge on any atom is 0.271 e. The number of piperidine rings is 1. The molecular weight excluding hydrogens is 446 g/mol. The van der Waals surface area contributed by atoms with Crippen LogP contribution in [-0.4, -0.2) is 41.4 Å². The zero-order valence-corrected chi connectivity index (χ0v) is 20.8. The van der Waals surface area contributed by atoms with Crippen LogP contribution in [0.1, 0.15) is 56.5 Å². The van der Waals surface area contributed by atoms with E-state index in [0.29, 0.717) is 25.3 Å². The Labute approximate surface area is 205 Å². The minimum absolute atomic E-state index is 0.00651. The third kappa shape index (κ3) is 6.03. The van der Waals surface area contributed by atoms with Gasteiger partial charge in [0.2, 0.25) is 0 Å². The lowest BCUT2D eigenvalue weighted by Crippen LogP contribution is -2.40. The topological polar surface area (TPSA) is 71.5 Å². The predicted molar refractivity (Wildman–Crippen MR) is 134 cm³/mol. The minimum atomic E-state index is -0.153. The molecule has 1 aliphatic rings. The van der Waals surface area contributed by atoms with Gasteiger partial charge in [0.1, 0.15) is 11.4 Å². The van der Waals surface area contributed by atoms with Crippen LogP contribution in [0.5, 0.6) is 5.75 Å². The number of rotatable bonds is 7. The molecule has 0 radical (unpaired) electrons. The first-order valence-corrected chi connectivity index (χ1v) is 12.5. The molecule has 3 aromatic rings. The summed E-state index contributed by atoms with van der Waals surface area (Å²) >= 11 is 1.53. The number of aryl methyl sites for hydroxylation is 3. The molecule has 0 saturated carbocycles. The minimum Gasteiger partial charge on any atom is -0.484 e. The van der Waals surface area contributed by atoms with Gasteiger partial charge in [-0.1, -0.05) is 35.9 Å². The average Bonchev–Trinajstić information content (AvgIpc) is 3.34. The maximum atomic E-state index is 12.6. The van der Waals surface area contributed by atoms with Crippen molar-refractivity contribution in [3.63, 3.8) is 0 Å². The first-order chi connectivity index (χ1) is 16.4. The molecule has 34 heavy (non-hydrogen) atoms. The van der Waals surface area contributed by atoms with Crippen molar-refractivity contribution in [3.05, 3.63) is 80.8 Å². The lowest BCUT2D eigenvalue weighted by molar-refractivity contribution is -0.134. The Kier molecular flexibility index (Phi) is 7.63. The van der Waals surface area contributed by atoms with Gasteiger partial charge in [0, 0.05) is 30.9 Å². The van der Waals surface area contributed by atoms with Gasteiger partial charge in [-0.15, -0.1) is 11.3 Å². The van der Waals surface area contributed by atoms with Crippen molar-refractivity contribution in [1.29, 1.82) is 0 Å². The lowest BCUT2D eigenvalue weighted by Gasteiger charge is -2.31. The van der Waals surface area contributed by atoms with Gasteiger partial charge < -0.3 is 15.0 Å². The number of aromatic nitrogens is 1. The fraction of sp³-hybridized carbons (Fsp3) is 0.370. The molecule has 178 valence electrons. The van der Waals surface area contributed by atoms with Gasteiger partial charge in [-0.05, 0) is 62.4 Å². The van der Waals surface area contributed by atoms with Gasteiger partial charge >= 0.3 is 0 Å². The second-order valence-corrected chi connectivity index (χ2v) is 9.82. The van der Waals surface area contributed by atoms with Crippen molar-refractivity contribution >= 4 is 23.2 Å². The highest BCUT2D eigenvalue weighted by Gasteiger charge is 2.26. The summed E-state index contributed by atoms with van der Waals surface area (Å²) in [5.41, 5.74) is 5.06. The normalized spacial score (nSPS) is 14.1. The van der Waals surface area contributed by atoms with E-state index in [1.165, 1.54) is 22.5 Å². The van der Waals surface area contributed by atoms with E-state index < -0.39 is 0 Å². The molecule has 0 unspecified atom stereocenters. The van der Waals surface area contributed by atoms with Crippen LogP contribution in [0.15, 0.2) is 47.8 Å². The largest absolute Gasteiger partial charge is 0.484 e. The number of nitrogens with one attached hydrogen (secondary N) is 1. The van der Waals surface area contributed by atoms with E-state index in [1.54, 1.807) is 0 Å². The van der Waals surface area contributed by atoms with Crippen LogP contribution < -0.4 is 10.1 Å². The Morgan fingerprint density at radius 3 is 2.62 bits per heavy atom. The second kappa shape index (κ2) is 10.8. The molecule has 1 aliphatic heterocycles. The molecule has 1 saturated heterocycles. The van der Waals surface area contributed by atoms with E-state index in [4.69, 9.17) is 4.74 Å². The van der Waals surface area contributed by atoms with Crippen molar-refractivity contribution in [1.82, 2.24) is 15.2 Å². The first kappa shape index (κ1) is 24.0. The Hall–Kier alpha value is -3.19. The summed E-state index contributed by atoms with van der Waals surface area (Å²) in [5, 5.41) is 5.75. The molecule has 6 nitrogen and oxygen atoms in total. The third-order valence-corrected chi connectivity index (χ3v) is 7.33. The summed E-state index contributed by atoms with van der Waals surface area (Å²) in [5.74, 6) is 0.850. The molecule has 0 bridgehead atoms. The van der Waals surface area contributed by atoms with Gasteiger partial charge in [-0.2, -0.15) is 0 Å². The summed E-state index contributed by atoms with van der Waals surface area (Å²) in [6, 6.07) is 14.0. The summed E-state index contributed by atoms with van der Waals surface area (Å²) in [4.78, 5) is 31.6. The molecule has 1 N–H and O–H groups in total. The quantitative estimate of drug-likeness (QED) is 0.531. The van der Waals surface area contributed by atoms with E-state index in [1.807, 2.05) is 60.5 Å². The van der Waals surface area contributed by atoms with Crippen molar-refractivity contribution < 1.29 is 14.3 Å². The van der Waals surface area contributed by atoms with Gasteiger partial charge in [-0.3, -0.25) is 9.59 Å². The molecule has 7 heteroatoms. The van der Waals surface area contributed by atoms with Crippen LogP contribution in [-0.2, 0) is 11.3 Å². The van der Waals surface area contributed by atoms with Crippen LogP contribution >= 0.6 is 11.3 Å². The standard InChI is InChI=1S/C27H31N3O3S/c1-18-5-4-6-21(13-18)15-28-26(32)24-17-34-27(29-24)22-9-11-30(12-10-22)25(31)16-33-23-8-7-19(2)20(3)14-23/h4-8,13-14,17,22H,9-12,15-16H2,1-3H3,(H,28,32). The van der Waals surface area contributed by atoms with E-state index in [-0.39, 0.29) is 24.3 Å². The summed E-state index contributed by atoms with van der Waals surface area (Å²) < 4.78 is 5.71. The number of likely N-dealkylation sites (tertiary alicyclic amines) is 1. The van der Waals surface area contributed by atoms with Gasteiger partial charge in [0.15, 0.2) is 6.61 Å². The van der Waals surface area contributed by atoms with E-state index in [2.05, 4.69) is 23.3 Å². The fourth-order valence-corrected chi connectivity index (χ4v) is 5.06. The number of thiazole rings is 1. The molecule has 0 atom stereocenters. The molecule has 0 aliphatic carbocycles. The Balaban J connectivity index is 1.24. The number of ether oxygens (including phenoxy) is 1. The van der Waals surface area contributed by atoms with E-state index in [9.17, 15) is 9.59 Å².